The van der Waals surface area contributed by atoms with Crippen molar-refractivity contribution in [2.75, 3.05) is 5.75 Å². The molecule has 0 aliphatic heterocycles. The smallest absolute Gasteiger partial charge is 0.327 e. The second-order valence-electron chi connectivity index (χ2n) is 4.06. The van der Waals surface area contributed by atoms with E-state index in [1.807, 2.05) is 0 Å². The van der Waals surface area contributed by atoms with E-state index in [0.29, 0.717) is 0 Å². The molecular formula is C12H16N2O4S. The molecule has 0 radical (unpaired) electrons. The average Bonchev–Trinajstić information content (AvgIpc) is 2.37. The van der Waals surface area contributed by atoms with E-state index in [2.05, 4.69) is 17.9 Å². The molecule has 5 N–H and O–H groups in total. The highest BCUT2D eigenvalue weighted by molar-refractivity contribution is 7.80. The molecule has 0 aromatic heterocycles. The van der Waals surface area contributed by atoms with Gasteiger partial charge >= 0.3 is 5.97 Å². The molecule has 1 aromatic rings. The van der Waals surface area contributed by atoms with E-state index in [4.69, 9.17) is 15.9 Å². The molecule has 104 valence electrons. The number of carbonyl (C=O) groups is 2. The van der Waals surface area contributed by atoms with Crippen LogP contribution >= 0.6 is 12.6 Å². The summed E-state index contributed by atoms with van der Waals surface area (Å²) < 4.78 is 0. The van der Waals surface area contributed by atoms with E-state index in [1.54, 1.807) is 12.1 Å². The number of carboxylic acid groups (broad SMARTS) is 1. The van der Waals surface area contributed by atoms with Gasteiger partial charge in [0.05, 0.1) is 6.04 Å². The highest BCUT2D eigenvalue weighted by Gasteiger charge is 2.22. The van der Waals surface area contributed by atoms with E-state index >= 15 is 0 Å². The van der Waals surface area contributed by atoms with Crippen LogP contribution in [0.1, 0.15) is 5.56 Å². The van der Waals surface area contributed by atoms with Gasteiger partial charge in [-0.15, -0.1) is 0 Å². The number of thiol groups is 1. The Morgan fingerprint density at radius 1 is 1.32 bits per heavy atom. The molecule has 19 heavy (non-hydrogen) atoms. The van der Waals surface area contributed by atoms with Crippen LogP contribution in [0.15, 0.2) is 24.3 Å². The molecule has 6 nitrogen and oxygen atoms in total. The van der Waals surface area contributed by atoms with Crippen molar-refractivity contribution in [1.82, 2.24) is 5.32 Å². The number of phenols is 1. The quantitative estimate of drug-likeness (QED) is 0.463. The molecule has 2 atom stereocenters. The maximum atomic E-state index is 11.7. The molecule has 7 heteroatoms. The average molecular weight is 284 g/mol. The molecular weight excluding hydrogens is 268 g/mol. The number of carbonyl (C=O) groups excluding carboxylic acids is 1. The highest BCUT2D eigenvalue weighted by atomic mass is 32.1. The highest BCUT2D eigenvalue weighted by Crippen LogP contribution is 2.10. The summed E-state index contributed by atoms with van der Waals surface area (Å²) in [4.78, 5) is 22.5. The fourth-order valence-corrected chi connectivity index (χ4v) is 1.69. The Morgan fingerprint density at radius 3 is 2.37 bits per heavy atom. The molecule has 1 amide bonds. The van der Waals surface area contributed by atoms with Crippen LogP contribution in [-0.4, -0.2) is 39.9 Å². The van der Waals surface area contributed by atoms with Crippen LogP contribution in [0.25, 0.3) is 0 Å². The van der Waals surface area contributed by atoms with Crippen molar-refractivity contribution < 1.29 is 19.8 Å². The summed E-state index contributed by atoms with van der Waals surface area (Å²) in [6.45, 7) is 0. The molecule has 1 rings (SSSR count). The van der Waals surface area contributed by atoms with Gasteiger partial charge in [-0.1, -0.05) is 12.1 Å². The van der Waals surface area contributed by atoms with E-state index in [0.717, 1.165) is 5.56 Å². The van der Waals surface area contributed by atoms with Gasteiger partial charge in [-0.2, -0.15) is 12.6 Å². The largest absolute Gasteiger partial charge is 0.508 e. The first-order chi connectivity index (χ1) is 8.93. The maximum Gasteiger partial charge on any atom is 0.327 e. The summed E-state index contributed by atoms with van der Waals surface area (Å²) in [5.41, 5.74) is 6.47. The number of aromatic hydroxyl groups is 1. The lowest BCUT2D eigenvalue weighted by Crippen LogP contribution is -2.50. The molecule has 0 aliphatic rings. The van der Waals surface area contributed by atoms with Crippen molar-refractivity contribution in [1.29, 1.82) is 0 Å². The summed E-state index contributed by atoms with van der Waals surface area (Å²) in [6, 6.07) is 4.38. The third kappa shape index (κ3) is 4.80. The van der Waals surface area contributed by atoms with E-state index in [1.165, 1.54) is 12.1 Å². The standard InChI is InChI=1S/C12H16N2O4S/c13-9(5-7-1-3-8(15)4-2-7)11(16)14-10(6-19)12(17)18/h1-4,9-10,15,19H,5-6,13H2,(H,14,16)(H,17,18)/t9-,10+/m0/s1. The SMILES string of the molecule is N[C@@H](Cc1ccc(O)cc1)C(=O)N[C@H](CS)C(=O)O. The lowest BCUT2D eigenvalue weighted by Gasteiger charge is -2.16. The van der Waals surface area contributed by atoms with Crippen LogP contribution in [0.3, 0.4) is 0 Å². The predicted molar refractivity (Wildman–Crippen MR) is 73.2 cm³/mol. The number of hydrogen-bond acceptors (Lipinski definition) is 5. The third-order valence-electron chi connectivity index (χ3n) is 2.53. The molecule has 0 saturated carbocycles. The first kappa shape index (κ1) is 15.3. The molecule has 0 spiro atoms. The number of benzene rings is 1. The molecule has 0 heterocycles. The predicted octanol–water partition coefficient (Wildman–Crippen LogP) is -0.239. The summed E-state index contributed by atoms with van der Waals surface area (Å²) >= 11 is 3.84. The van der Waals surface area contributed by atoms with Gasteiger partial charge in [0.1, 0.15) is 11.8 Å². The van der Waals surface area contributed by atoms with Crippen molar-refractivity contribution >= 4 is 24.5 Å². The maximum absolute atomic E-state index is 11.7. The Morgan fingerprint density at radius 2 is 1.89 bits per heavy atom. The monoisotopic (exact) mass is 284 g/mol. The van der Waals surface area contributed by atoms with Crippen LogP contribution in [0.5, 0.6) is 5.75 Å². The van der Waals surface area contributed by atoms with Gasteiger partial charge in [0.15, 0.2) is 0 Å². The molecule has 0 saturated heterocycles. The zero-order valence-electron chi connectivity index (χ0n) is 10.1. The first-order valence-corrected chi connectivity index (χ1v) is 6.24. The number of carboxylic acids is 1. The number of hydrogen-bond donors (Lipinski definition) is 5. The number of rotatable bonds is 6. The van der Waals surface area contributed by atoms with Crippen molar-refractivity contribution in [3.8, 4) is 5.75 Å². The minimum Gasteiger partial charge on any atom is -0.508 e. The van der Waals surface area contributed by atoms with Crippen LogP contribution in [0.2, 0.25) is 0 Å². The number of nitrogens with two attached hydrogens (primary N) is 1. The van der Waals surface area contributed by atoms with E-state index in [9.17, 15) is 9.59 Å². The van der Waals surface area contributed by atoms with Crippen molar-refractivity contribution in [3.05, 3.63) is 29.8 Å². The van der Waals surface area contributed by atoms with Crippen LogP contribution < -0.4 is 11.1 Å². The van der Waals surface area contributed by atoms with Gasteiger partial charge in [-0.3, -0.25) is 4.79 Å². The number of amides is 1. The van der Waals surface area contributed by atoms with Gasteiger partial charge in [-0.25, -0.2) is 4.79 Å². The molecule has 0 bridgehead atoms. The minimum atomic E-state index is -1.15. The summed E-state index contributed by atoms with van der Waals surface area (Å²) in [7, 11) is 0. The second-order valence-corrected chi connectivity index (χ2v) is 4.42. The fraction of sp³-hybridized carbons (Fsp3) is 0.333. The summed E-state index contributed by atoms with van der Waals surface area (Å²) in [6.07, 6.45) is 0.255. The Labute approximate surface area is 116 Å². The second kappa shape index (κ2) is 7.01. The van der Waals surface area contributed by atoms with Crippen molar-refractivity contribution in [3.63, 3.8) is 0 Å². The zero-order valence-corrected chi connectivity index (χ0v) is 11.0. The van der Waals surface area contributed by atoms with Crippen LogP contribution in [-0.2, 0) is 16.0 Å². The number of phenolic OH excluding ortho intramolecular Hbond substituents is 1. The Hall–Kier alpha value is -1.73. The molecule has 0 unspecified atom stereocenters. The van der Waals surface area contributed by atoms with Gasteiger partial charge in [0.25, 0.3) is 0 Å². The number of aliphatic carboxylic acids is 1. The number of nitrogens with one attached hydrogen (secondary N) is 1. The first-order valence-electron chi connectivity index (χ1n) is 5.61. The van der Waals surface area contributed by atoms with Crippen LogP contribution in [0.4, 0.5) is 0 Å². The molecule has 0 fully saturated rings. The molecule has 0 aliphatic carbocycles. The summed E-state index contributed by atoms with van der Waals surface area (Å²) in [5.74, 6) is -1.58. The van der Waals surface area contributed by atoms with Crippen LogP contribution in [0, 0.1) is 0 Å². The Kier molecular flexibility index (Phi) is 5.65. The van der Waals surface area contributed by atoms with Gasteiger partial charge in [0.2, 0.25) is 5.91 Å². The lowest BCUT2D eigenvalue weighted by molar-refractivity contribution is -0.141. The zero-order chi connectivity index (χ0) is 14.4. The fourth-order valence-electron chi connectivity index (χ4n) is 1.44. The van der Waals surface area contributed by atoms with Gasteiger partial charge in [0, 0.05) is 5.75 Å². The molecule has 1 aromatic carbocycles. The van der Waals surface area contributed by atoms with Gasteiger partial charge in [-0.05, 0) is 24.1 Å². The lowest BCUT2D eigenvalue weighted by atomic mass is 10.1. The minimum absolute atomic E-state index is 0.00694. The van der Waals surface area contributed by atoms with E-state index in [-0.39, 0.29) is 17.9 Å². The van der Waals surface area contributed by atoms with E-state index < -0.39 is 24.0 Å². The Bertz CT molecular complexity index is 450. The topological polar surface area (TPSA) is 113 Å². The third-order valence-corrected chi connectivity index (χ3v) is 2.89. The van der Waals surface area contributed by atoms with Gasteiger partial charge < -0.3 is 21.3 Å². The van der Waals surface area contributed by atoms with Crippen molar-refractivity contribution in [2.24, 2.45) is 5.73 Å². The normalized spacial score (nSPS) is 13.6. The summed E-state index contributed by atoms with van der Waals surface area (Å²) in [5, 5.41) is 20.2. The Balaban J connectivity index is 2.57. The van der Waals surface area contributed by atoms with Crippen molar-refractivity contribution in [2.45, 2.75) is 18.5 Å².